The molecule has 0 unspecified atom stereocenters. The predicted molar refractivity (Wildman–Crippen MR) is 140 cm³/mol. The van der Waals surface area contributed by atoms with Gasteiger partial charge in [0.25, 0.3) is 5.69 Å². The molecule has 1 heterocycles. The van der Waals surface area contributed by atoms with Crippen LogP contribution in [0.15, 0.2) is 78.2 Å². The lowest BCUT2D eigenvalue weighted by Crippen LogP contribution is -2.07. The number of benzene rings is 3. The third-order valence-electron chi connectivity index (χ3n) is 5.37. The number of anilines is 1. The minimum atomic E-state index is -0.454. The summed E-state index contributed by atoms with van der Waals surface area (Å²) in [6.45, 7) is 2.47. The summed E-state index contributed by atoms with van der Waals surface area (Å²) in [5.74, 6) is 0.848. The van der Waals surface area contributed by atoms with Crippen LogP contribution in [0, 0.1) is 17.0 Å². The van der Waals surface area contributed by atoms with E-state index in [0.717, 1.165) is 22.3 Å². The number of carbonyl (C=O) groups excluding carboxylic acids is 1. The predicted octanol–water partition coefficient (Wildman–Crippen LogP) is 6.27. The zero-order chi connectivity index (χ0) is 25.5. The summed E-state index contributed by atoms with van der Waals surface area (Å²) in [4.78, 5) is 27.1. The zero-order valence-corrected chi connectivity index (χ0v) is 20.5. The first-order valence-electron chi connectivity index (χ1n) is 11.0. The van der Waals surface area contributed by atoms with E-state index in [9.17, 15) is 14.9 Å². The molecule has 0 atom stereocenters. The SMILES string of the molecule is COc1cc(C=CC(=O)Nc2nc(-c3ccc([N+](=O)[O-])cc3)cs2)ccc1OCc1ccccc1C. The number of aromatic nitrogens is 1. The number of amides is 1. The lowest BCUT2D eigenvalue weighted by Gasteiger charge is -2.12. The Labute approximate surface area is 212 Å². The van der Waals surface area contributed by atoms with Crippen LogP contribution in [-0.4, -0.2) is 22.9 Å². The number of hydrogen-bond acceptors (Lipinski definition) is 7. The molecule has 36 heavy (non-hydrogen) atoms. The number of nitrogens with zero attached hydrogens (tertiary/aromatic N) is 2. The lowest BCUT2D eigenvalue weighted by atomic mass is 10.1. The van der Waals surface area contributed by atoms with Crippen molar-refractivity contribution in [1.82, 2.24) is 4.98 Å². The Kier molecular flexibility index (Phi) is 7.72. The molecule has 3 aromatic carbocycles. The van der Waals surface area contributed by atoms with Gasteiger partial charge in [0.05, 0.1) is 17.7 Å². The number of non-ortho nitro benzene ring substituents is 1. The molecule has 1 aromatic heterocycles. The fourth-order valence-electron chi connectivity index (χ4n) is 3.37. The molecule has 182 valence electrons. The van der Waals surface area contributed by atoms with E-state index in [2.05, 4.69) is 10.3 Å². The molecular weight excluding hydrogens is 478 g/mol. The van der Waals surface area contributed by atoms with Crippen molar-refractivity contribution in [3.05, 3.63) is 105 Å². The average molecular weight is 502 g/mol. The smallest absolute Gasteiger partial charge is 0.269 e. The first kappa shape index (κ1) is 24.6. The van der Waals surface area contributed by atoms with E-state index in [1.54, 1.807) is 36.8 Å². The highest BCUT2D eigenvalue weighted by molar-refractivity contribution is 7.14. The summed E-state index contributed by atoms with van der Waals surface area (Å²) < 4.78 is 11.4. The van der Waals surface area contributed by atoms with Gasteiger partial charge >= 0.3 is 0 Å². The maximum atomic E-state index is 12.4. The Hall–Kier alpha value is -4.50. The third kappa shape index (κ3) is 6.13. The van der Waals surface area contributed by atoms with Crippen LogP contribution in [0.2, 0.25) is 0 Å². The van der Waals surface area contributed by atoms with Gasteiger partial charge in [-0.15, -0.1) is 11.3 Å². The Morgan fingerprint density at radius 3 is 2.61 bits per heavy atom. The van der Waals surface area contributed by atoms with Crippen LogP contribution in [0.1, 0.15) is 16.7 Å². The fourth-order valence-corrected chi connectivity index (χ4v) is 4.09. The quantitative estimate of drug-likeness (QED) is 0.165. The molecular formula is C27H23N3O5S. The molecule has 1 N–H and O–H groups in total. The molecule has 4 aromatic rings. The van der Waals surface area contributed by atoms with Crippen molar-refractivity contribution < 1.29 is 19.2 Å². The molecule has 4 rings (SSSR count). The van der Waals surface area contributed by atoms with Gasteiger partial charge in [-0.1, -0.05) is 30.3 Å². The highest BCUT2D eigenvalue weighted by Crippen LogP contribution is 2.30. The van der Waals surface area contributed by atoms with Crippen LogP contribution in [0.4, 0.5) is 10.8 Å². The second kappa shape index (κ2) is 11.3. The number of carbonyl (C=O) groups is 1. The zero-order valence-electron chi connectivity index (χ0n) is 19.6. The van der Waals surface area contributed by atoms with Gasteiger partial charge in [-0.05, 0) is 54.0 Å². The molecule has 0 radical (unpaired) electrons. The number of aryl methyl sites for hydroxylation is 1. The second-order valence-corrected chi connectivity index (χ2v) is 8.65. The van der Waals surface area contributed by atoms with Gasteiger partial charge < -0.3 is 9.47 Å². The Bertz CT molecular complexity index is 1410. The average Bonchev–Trinajstić information content (AvgIpc) is 3.35. The molecule has 0 saturated heterocycles. The van der Waals surface area contributed by atoms with Crippen LogP contribution >= 0.6 is 11.3 Å². The van der Waals surface area contributed by atoms with Crippen molar-refractivity contribution in [3.63, 3.8) is 0 Å². The highest BCUT2D eigenvalue weighted by Gasteiger charge is 2.10. The van der Waals surface area contributed by atoms with Crippen LogP contribution < -0.4 is 14.8 Å². The summed E-state index contributed by atoms with van der Waals surface area (Å²) in [6, 6.07) is 19.6. The summed E-state index contributed by atoms with van der Waals surface area (Å²) in [5.41, 5.74) is 4.39. The minimum Gasteiger partial charge on any atom is -0.493 e. The molecule has 8 nitrogen and oxygen atoms in total. The Balaban J connectivity index is 1.37. The normalized spacial score (nSPS) is 10.8. The molecule has 9 heteroatoms. The van der Waals surface area contributed by atoms with E-state index < -0.39 is 4.92 Å². The number of nitrogens with one attached hydrogen (secondary N) is 1. The summed E-state index contributed by atoms with van der Waals surface area (Å²) in [5, 5.41) is 15.7. The molecule has 0 aliphatic heterocycles. The molecule has 0 fully saturated rings. The van der Waals surface area contributed by atoms with Crippen molar-refractivity contribution >= 4 is 34.1 Å². The van der Waals surface area contributed by atoms with Gasteiger partial charge in [-0.2, -0.15) is 0 Å². The van der Waals surface area contributed by atoms with Gasteiger partial charge in [0.15, 0.2) is 16.6 Å². The summed E-state index contributed by atoms with van der Waals surface area (Å²) >= 11 is 1.27. The topological polar surface area (TPSA) is 104 Å². The molecule has 0 saturated carbocycles. The first-order chi connectivity index (χ1) is 17.4. The highest BCUT2D eigenvalue weighted by atomic mass is 32.1. The Morgan fingerprint density at radius 1 is 1.11 bits per heavy atom. The largest absolute Gasteiger partial charge is 0.493 e. The van der Waals surface area contributed by atoms with Crippen LogP contribution in [-0.2, 0) is 11.4 Å². The number of methoxy groups -OCH3 is 1. The van der Waals surface area contributed by atoms with Gasteiger partial charge in [0.1, 0.15) is 6.61 Å². The van der Waals surface area contributed by atoms with Crippen molar-refractivity contribution in [2.24, 2.45) is 0 Å². The molecule has 0 aliphatic rings. The number of nitro groups is 1. The van der Waals surface area contributed by atoms with E-state index in [-0.39, 0.29) is 11.6 Å². The number of nitro benzene ring substituents is 1. The van der Waals surface area contributed by atoms with Crippen molar-refractivity contribution in [1.29, 1.82) is 0 Å². The van der Waals surface area contributed by atoms with E-state index >= 15 is 0 Å². The van der Waals surface area contributed by atoms with Crippen molar-refractivity contribution in [3.8, 4) is 22.8 Å². The van der Waals surface area contributed by atoms with E-state index in [1.165, 1.54) is 29.5 Å². The van der Waals surface area contributed by atoms with Gasteiger partial charge in [-0.25, -0.2) is 4.98 Å². The number of thiazole rings is 1. The van der Waals surface area contributed by atoms with Crippen molar-refractivity contribution in [2.75, 3.05) is 12.4 Å². The lowest BCUT2D eigenvalue weighted by molar-refractivity contribution is -0.384. The van der Waals surface area contributed by atoms with E-state index in [1.807, 2.05) is 43.3 Å². The van der Waals surface area contributed by atoms with Gasteiger partial charge in [-0.3, -0.25) is 20.2 Å². The number of hydrogen-bond donors (Lipinski definition) is 1. The first-order valence-corrected chi connectivity index (χ1v) is 11.9. The monoisotopic (exact) mass is 501 g/mol. The molecule has 0 aliphatic carbocycles. The molecule has 1 amide bonds. The Morgan fingerprint density at radius 2 is 1.89 bits per heavy atom. The molecule has 0 bridgehead atoms. The number of ether oxygens (including phenoxy) is 2. The summed E-state index contributed by atoms with van der Waals surface area (Å²) in [7, 11) is 1.57. The van der Waals surface area contributed by atoms with Crippen LogP contribution in [0.25, 0.3) is 17.3 Å². The van der Waals surface area contributed by atoms with Gasteiger partial charge in [0.2, 0.25) is 5.91 Å². The van der Waals surface area contributed by atoms with Crippen molar-refractivity contribution in [2.45, 2.75) is 13.5 Å². The standard InChI is InChI=1S/C27H23N3O5S/c1-18-5-3-4-6-21(18)16-35-24-13-7-19(15-25(24)34-2)8-14-26(31)29-27-28-23(17-36-27)20-9-11-22(12-10-20)30(32)33/h3-15,17H,16H2,1-2H3,(H,28,29,31). The maximum Gasteiger partial charge on any atom is 0.269 e. The van der Waals surface area contributed by atoms with Crippen LogP contribution in [0.3, 0.4) is 0 Å². The van der Waals surface area contributed by atoms with E-state index in [4.69, 9.17) is 9.47 Å². The molecule has 0 spiro atoms. The third-order valence-corrected chi connectivity index (χ3v) is 6.13. The fraction of sp³-hybridized carbons (Fsp3) is 0.111. The second-order valence-electron chi connectivity index (χ2n) is 7.79. The minimum absolute atomic E-state index is 0.00941. The number of rotatable bonds is 9. The van der Waals surface area contributed by atoms with E-state index in [0.29, 0.717) is 28.9 Å². The van der Waals surface area contributed by atoms with Gasteiger partial charge in [0, 0.05) is 29.2 Å². The maximum absolute atomic E-state index is 12.4. The summed E-state index contributed by atoms with van der Waals surface area (Å²) in [6.07, 6.45) is 3.09. The van der Waals surface area contributed by atoms with Crippen LogP contribution in [0.5, 0.6) is 11.5 Å².